The topological polar surface area (TPSA) is 34.0 Å². The Bertz CT molecular complexity index is 764. The average Bonchev–Trinajstić information content (AvgIpc) is 3.04. The molecule has 3 aromatic rings. The molecule has 0 amide bonds. The lowest BCUT2D eigenvalue weighted by atomic mass is 10.00. The molecule has 22 heavy (non-hydrogen) atoms. The largest absolute Gasteiger partial charge is 0.293 e. The SMILES string of the molecule is c1ccc(-n2ncc(CN3CCc4ccccc4C3)n2)cc1. The monoisotopic (exact) mass is 290 g/mol. The summed E-state index contributed by atoms with van der Waals surface area (Å²) in [5.74, 6) is 0. The van der Waals surface area contributed by atoms with Crippen LogP contribution in [0.1, 0.15) is 16.8 Å². The fraction of sp³-hybridized carbons (Fsp3) is 0.222. The highest BCUT2D eigenvalue weighted by molar-refractivity contribution is 5.30. The van der Waals surface area contributed by atoms with Crippen LogP contribution in [0.25, 0.3) is 5.69 Å². The predicted octanol–water partition coefficient (Wildman–Crippen LogP) is 2.83. The standard InChI is InChI=1S/C18H18N4/c1-2-8-18(9-3-1)22-19-12-17(20-22)14-21-11-10-15-6-4-5-7-16(15)13-21/h1-9,12H,10-11,13-14H2. The number of benzene rings is 2. The molecule has 0 saturated heterocycles. The van der Waals surface area contributed by atoms with E-state index in [0.29, 0.717) is 0 Å². The minimum atomic E-state index is 0.848. The Morgan fingerprint density at radius 3 is 2.55 bits per heavy atom. The van der Waals surface area contributed by atoms with Gasteiger partial charge in [-0.3, -0.25) is 4.90 Å². The lowest BCUT2D eigenvalue weighted by Gasteiger charge is -2.27. The molecule has 0 aliphatic carbocycles. The van der Waals surface area contributed by atoms with E-state index in [1.54, 1.807) is 4.80 Å². The average molecular weight is 290 g/mol. The van der Waals surface area contributed by atoms with Crippen molar-refractivity contribution in [2.45, 2.75) is 19.5 Å². The Morgan fingerprint density at radius 2 is 1.68 bits per heavy atom. The van der Waals surface area contributed by atoms with E-state index in [-0.39, 0.29) is 0 Å². The number of hydrogen-bond acceptors (Lipinski definition) is 3. The summed E-state index contributed by atoms with van der Waals surface area (Å²) in [4.78, 5) is 4.13. The normalized spacial score (nSPS) is 14.7. The third kappa shape index (κ3) is 2.65. The Labute approximate surface area is 130 Å². The summed E-state index contributed by atoms with van der Waals surface area (Å²) in [5.41, 5.74) is 4.93. The fourth-order valence-electron chi connectivity index (χ4n) is 2.97. The van der Waals surface area contributed by atoms with Crippen LogP contribution in [-0.2, 0) is 19.5 Å². The highest BCUT2D eigenvalue weighted by atomic mass is 15.5. The summed E-state index contributed by atoms with van der Waals surface area (Å²) in [7, 11) is 0. The Kier molecular flexibility index (Phi) is 3.45. The van der Waals surface area contributed by atoms with Crippen molar-refractivity contribution in [3.63, 3.8) is 0 Å². The van der Waals surface area contributed by atoms with Crippen molar-refractivity contribution in [3.05, 3.63) is 77.6 Å². The molecule has 2 aromatic carbocycles. The lowest BCUT2D eigenvalue weighted by molar-refractivity contribution is 0.242. The van der Waals surface area contributed by atoms with Gasteiger partial charge in [-0.05, 0) is 29.7 Å². The zero-order valence-corrected chi connectivity index (χ0v) is 12.4. The number of nitrogens with zero attached hydrogens (tertiary/aromatic N) is 4. The van der Waals surface area contributed by atoms with Crippen LogP contribution < -0.4 is 0 Å². The van der Waals surface area contributed by atoms with Crippen LogP contribution >= 0.6 is 0 Å². The quantitative estimate of drug-likeness (QED) is 0.744. The molecule has 0 bridgehead atoms. The van der Waals surface area contributed by atoms with Crippen molar-refractivity contribution in [3.8, 4) is 5.69 Å². The summed E-state index contributed by atoms with van der Waals surface area (Å²) >= 11 is 0. The molecule has 0 radical (unpaired) electrons. The van der Waals surface area contributed by atoms with Crippen LogP contribution in [-0.4, -0.2) is 26.4 Å². The van der Waals surface area contributed by atoms with Crippen molar-refractivity contribution >= 4 is 0 Å². The zero-order chi connectivity index (χ0) is 14.8. The third-order valence-electron chi connectivity index (χ3n) is 4.12. The maximum absolute atomic E-state index is 4.59. The molecular weight excluding hydrogens is 272 g/mol. The maximum atomic E-state index is 4.59. The van der Waals surface area contributed by atoms with Gasteiger partial charge in [0.2, 0.25) is 0 Å². The van der Waals surface area contributed by atoms with Gasteiger partial charge < -0.3 is 0 Å². The fourth-order valence-corrected chi connectivity index (χ4v) is 2.97. The molecule has 4 heteroatoms. The highest BCUT2D eigenvalue weighted by Gasteiger charge is 2.16. The molecular formula is C18H18N4. The van der Waals surface area contributed by atoms with Crippen LogP contribution in [0.4, 0.5) is 0 Å². The summed E-state index contributed by atoms with van der Waals surface area (Å²) in [5, 5.41) is 8.97. The first-order valence-corrected chi connectivity index (χ1v) is 7.64. The predicted molar refractivity (Wildman–Crippen MR) is 85.6 cm³/mol. The van der Waals surface area contributed by atoms with Crippen molar-refractivity contribution < 1.29 is 0 Å². The van der Waals surface area contributed by atoms with Gasteiger partial charge in [-0.25, -0.2) is 0 Å². The lowest BCUT2D eigenvalue weighted by Crippen LogP contribution is -2.30. The van der Waals surface area contributed by atoms with E-state index >= 15 is 0 Å². The highest BCUT2D eigenvalue weighted by Crippen LogP contribution is 2.19. The first kappa shape index (κ1) is 13.2. The van der Waals surface area contributed by atoms with E-state index in [1.165, 1.54) is 11.1 Å². The van der Waals surface area contributed by atoms with E-state index in [4.69, 9.17) is 0 Å². The van der Waals surface area contributed by atoms with Gasteiger partial charge in [0.05, 0.1) is 17.6 Å². The Morgan fingerprint density at radius 1 is 0.909 bits per heavy atom. The number of para-hydroxylation sites is 1. The molecule has 0 saturated carbocycles. The second-order valence-electron chi connectivity index (χ2n) is 5.69. The van der Waals surface area contributed by atoms with Gasteiger partial charge in [-0.2, -0.15) is 15.0 Å². The van der Waals surface area contributed by atoms with E-state index < -0.39 is 0 Å². The second kappa shape index (κ2) is 5.73. The van der Waals surface area contributed by atoms with E-state index in [2.05, 4.69) is 39.4 Å². The maximum Gasteiger partial charge on any atom is 0.0971 e. The molecule has 1 aliphatic heterocycles. The first-order valence-electron chi connectivity index (χ1n) is 7.64. The number of rotatable bonds is 3. The molecule has 4 nitrogen and oxygen atoms in total. The first-order chi connectivity index (χ1) is 10.9. The van der Waals surface area contributed by atoms with Crippen LogP contribution in [0, 0.1) is 0 Å². The van der Waals surface area contributed by atoms with Crippen LogP contribution in [0.15, 0.2) is 60.8 Å². The minimum absolute atomic E-state index is 0.848. The zero-order valence-electron chi connectivity index (χ0n) is 12.4. The van der Waals surface area contributed by atoms with Crippen LogP contribution in [0.5, 0.6) is 0 Å². The third-order valence-corrected chi connectivity index (χ3v) is 4.12. The van der Waals surface area contributed by atoms with Crippen molar-refractivity contribution in [2.75, 3.05) is 6.54 Å². The summed E-state index contributed by atoms with van der Waals surface area (Å²) < 4.78 is 0. The Balaban J connectivity index is 1.48. The molecule has 1 aliphatic rings. The van der Waals surface area contributed by atoms with E-state index in [1.807, 2.05) is 36.5 Å². The molecule has 2 heterocycles. The van der Waals surface area contributed by atoms with Crippen LogP contribution in [0.2, 0.25) is 0 Å². The van der Waals surface area contributed by atoms with Gasteiger partial charge in [0.25, 0.3) is 0 Å². The van der Waals surface area contributed by atoms with Gasteiger partial charge in [0, 0.05) is 19.6 Å². The molecule has 1 aromatic heterocycles. The van der Waals surface area contributed by atoms with Gasteiger partial charge in [-0.1, -0.05) is 42.5 Å². The minimum Gasteiger partial charge on any atom is -0.293 e. The molecule has 0 unspecified atom stereocenters. The van der Waals surface area contributed by atoms with Gasteiger partial charge in [0.15, 0.2) is 0 Å². The molecule has 0 atom stereocenters. The summed E-state index contributed by atoms with van der Waals surface area (Å²) in [6.45, 7) is 2.92. The number of hydrogen-bond donors (Lipinski definition) is 0. The Hall–Kier alpha value is -2.46. The van der Waals surface area contributed by atoms with Gasteiger partial charge in [0.1, 0.15) is 0 Å². The van der Waals surface area contributed by atoms with E-state index in [0.717, 1.165) is 37.4 Å². The summed E-state index contributed by atoms with van der Waals surface area (Å²) in [6, 6.07) is 18.7. The molecule has 0 fully saturated rings. The van der Waals surface area contributed by atoms with Crippen LogP contribution in [0.3, 0.4) is 0 Å². The van der Waals surface area contributed by atoms with Crippen molar-refractivity contribution in [1.82, 2.24) is 19.9 Å². The summed E-state index contributed by atoms with van der Waals surface area (Å²) in [6.07, 6.45) is 2.98. The van der Waals surface area contributed by atoms with Crippen molar-refractivity contribution in [1.29, 1.82) is 0 Å². The van der Waals surface area contributed by atoms with Crippen molar-refractivity contribution in [2.24, 2.45) is 0 Å². The van der Waals surface area contributed by atoms with E-state index in [9.17, 15) is 0 Å². The molecule has 0 N–H and O–H groups in total. The number of aromatic nitrogens is 3. The number of fused-ring (bicyclic) bond motifs is 1. The second-order valence-corrected chi connectivity index (χ2v) is 5.69. The smallest absolute Gasteiger partial charge is 0.0971 e. The molecule has 110 valence electrons. The molecule has 4 rings (SSSR count). The molecule has 0 spiro atoms. The van der Waals surface area contributed by atoms with Gasteiger partial charge >= 0.3 is 0 Å². The van der Waals surface area contributed by atoms with Gasteiger partial charge in [-0.15, -0.1) is 0 Å².